The maximum Gasteiger partial charge on any atom is 0.132 e. The van der Waals surface area contributed by atoms with Gasteiger partial charge in [-0.3, -0.25) is 4.99 Å². The number of aromatic amines is 1. The Morgan fingerprint density at radius 3 is 2.74 bits per heavy atom. The summed E-state index contributed by atoms with van der Waals surface area (Å²) in [5.74, 6) is -0.212. The van der Waals surface area contributed by atoms with Crippen molar-refractivity contribution in [3.8, 4) is 0 Å². The minimum atomic E-state index is -0.212. The SMILES string of the molecule is Fc1ccc(C=NCc2ccccc2)c2[nH]ccc12. The minimum absolute atomic E-state index is 0.212. The molecule has 0 spiro atoms. The summed E-state index contributed by atoms with van der Waals surface area (Å²) < 4.78 is 13.5. The van der Waals surface area contributed by atoms with Gasteiger partial charge in [0.1, 0.15) is 5.82 Å². The molecule has 3 rings (SSSR count). The van der Waals surface area contributed by atoms with Crippen LogP contribution in [0.3, 0.4) is 0 Å². The third-order valence-corrected chi connectivity index (χ3v) is 3.05. The topological polar surface area (TPSA) is 28.1 Å². The number of hydrogen-bond donors (Lipinski definition) is 1. The summed E-state index contributed by atoms with van der Waals surface area (Å²) in [6, 6.07) is 15.0. The van der Waals surface area contributed by atoms with Crippen LogP contribution < -0.4 is 0 Å². The Kier molecular flexibility index (Phi) is 3.11. The molecule has 1 heterocycles. The van der Waals surface area contributed by atoms with Crippen molar-refractivity contribution in [2.75, 3.05) is 0 Å². The van der Waals surface area contributed by atoms with Crippen molar-refractivity contribution in [2.24, 2.45) is 4.99 Å². The average molecular weight is 252 g/mol. The molecular formula is C16H13FN2. The Hall–Kier alpha value is -2.42. The minimum Gasteiger partial charge on any atom is -0.361 e. The highest BCUT2D eigenvalue weighted by Crippen LogP contribution is 2.19. The van der Waals surface area contributed by atoms with Gasteiger partial charge in [-0.2, -0.15) is 0 Å². The summed E-state index contributed by atoms with van der Waals surface area (Å²) in [6.07, 6.45) is 3.52. The normalized spacial score (nSPS) is 11.4. The fourth-order valence-electron chi connectivity index (χ4n) is 2.08. The number of aliphatic imine (C=N–C) groups is 1. The molecule has 0 aliphatic carbocycles. The number of nitrogens with zero attached hydrogens (tertiary/aromatic N) is 1. The van der Waals surface area contributed by atoms with Crippen molar-refractivity contribution in [2.45, 2.75) is 6.54 Å². The van der Waals surface area contributed by atoms with Crippen LogP contribution in [0.25, 0.3) is 10.9 Å². The van der Waals surface area contributed by atoms with Gasteiger partial charge in [-0.1, -0.05) is 30.3 Å². The van der Waals surface area contributed by atoms with Crippen molar-refractivity contribution in [1.29, 1.82) is 0 Å². The molecule has 0 aliphatic rings. The van der Waals surface area contributed by atoms with Crippen LogP contribution in [0, 0.1) is 5.82 Å². The Labute approximate surface area is 110 Å². The quantitative estimate of drug-likeness (QED) is 0.684. The molecule has 0 unspecified atom stereocenters. The molecule has 0 fully saturated rings. The molecule has 0 amide bonds. The monoisotopic (exact) mass is 252 g/mol. The van der Waals surface area contributed by atoms with Gasteiger partial charge in [0.05, 0.1) is 12.1 Å². The summed E-state index contributed by atoms with van der Waals surface area (Å²) in [6.45, 7) is 0.625. The standard InChI is InChI=1S/C16H13FN2/c17-15-7-6-13(16-14(15)8-9-19-16)11-18-10-12-4-2-1-3-5-12/h1-9,11,19H,10H2. The highest BCUT2D eigenvalue weighted by atomic mass is 19.1. The molecule has 1 N–H and O–H groups in total. The Morgan fingerprint density at radius 2 is 1.89 bits per heavy atom. The number of fused-ring (bicyclic) bond motifs is 1. The van der Waals surface area contributed by atoms with Crippen LogP contribution in [0.4, 0.5) is 4.39 Å². The third-order valence-electron chi connectivity index (χ3n) is 3.05. The molecule has 1 aromatic heterocycles. The van der Waals surface area contributed by atoms with Crippen molar-refractivity contribution in [3.63, 3.8) is 0 Å². The molecule has 19 heavy (non-hydrogen) atoms. The third kappa shape index (κ3) is 2.40. The lowest BCUT2D eigenvalue weighted by Gasteiger charge is -1.99. The predicted molar refractivity (Wildman–Crippen MR) is 76.0 cm³/mol. The molecule has 3 aromatic rings. The zero-order chi connectivity index (χ0) is 13.1. The molecule has 94 valence electrons. The van der Waals surface area contributed by atoms with E-state index in [9.17, 15) is 4.39 Å². The number of aromatic nitrogens is 1. The van der Waals surface area contributed by atoms with E-state index >= 15 is 0 Å². The second-order valence-electron chi connectivity index (χ2n) is 4.36. The number of hydrogen-bond acceptors (Lipinski definition) is 1. The number of rotatable bonds is 3. The first kappa shape index (κ1) is 11.7. The molecule has 0 bridgehead atoms. The number of halogens is 1. The molecule has 2 aromatic carbocycles. The van der Waals surface area contributed by atoms with Crippen molar-refractivity contribution in [1.82, 2.24) is 4.98 Å². The van der Waals surface area contributed by atoms with Crippen LogP contribution in [-0.4, -0.2) is 11.2 Å². The summed E-state index contributed by atoms with van der Waals surface area (Å²) in [7, 11) is 0. The van der Waals surface area contributed by atoms with Crippen LogP contribution in [0.15, 0.2) is 59.7 Å². The first-order chi connectivity index (χ1) is 9.34. The summed E-state index contributed by atoms with van der Waals surface area (Å²) in [5, 5.41) is 0.601. The Morgan fingerprint density at radius 1 is 1.05 bits per heavy atom. The van der Waals surface area contributed by atoms with E-state index in [4.69, 9.17) is 0 Å². The van der Waals surface area contributed by atoms with E-state index in [-0.39, 0.29) is 5.82 Å². The lowest BCUT2D eigenvalue weighted by Crippen LogP contribution is -1.88. The van der Waals surface area contributed by atoms with Crippen LogP contribution in [0.5, 0.6) is 0 Å². The number of nitrogens with one attached hydrogen (secondary N) is 1. The lowest BCUT2D eigenvalue weighted by atomic mass is 10.1. The van der Waals surface area contributed by atoms with E-state index < -0.39 is 0 Å². The van der Waals surface area contributed by atoms with E-state index in [1.807, 2.05) is 30.3 Å². The summed E-state index contributed by atoms with van der Waals surface area (Å²) >= 11 is 0. The fourth-order valence-corrected chi connectivity index (χ4v) is 2.08. The molecule has 0 radical (unpaired) electrons. The van der Waals surface area contributed by atoms with Gasteiger partial charge in [0.25, 0.3) is 0 Å². The highest BCUT2D eigenvalue weighted by Gasteiger charge is 2.04. The average Bonchev–Trinajstić information content (AvgIpc) is 2.93. The van der Waals surface area contributed by atoms with E-state index in [0.717, 1.165) is 16.6 Å². The van der Waals surface area contributed by atoms with Crippen LogP contribution >= 0.6 is 0 Å². The second kappa shape index (κ2) is 5.06. The van der Waals surface area contributed by atoms with Crippen molar-refractivity contribution in [3.05, 3.63) is 71.7 Å². The maximum absolute atomic E-state index is 13.5. The van der Waals surface area contributed by atoms with Gasteiger partial charge in [-0.25, -0.2) is 4.39 Å². The number of benzene rings is 2. The highest BCUT2D eigenvalue weighted by molar-refractivity contribution is 5.98. The molecule has 3 heteroatoms. The van der Waals surface area contributed by atoms with Gasteiger partial charge in [-0.05, 0) is 23.8 Å². The molecule has 2 nitrogen and oxygen atoms in total. The Bertz CT molecular complexity index is 714. The van der Waals surface area contributed by atoms with Crippen LogP contribution in [0.1, 0.15) is 11.1 Å². The summed E-state index contributed by atoms with van der Waals surface area (Å²) in [5.41, 5.74) is 2.85. The fraction of sp³-hybridized carbons (Fsp3) is 0.0625. The van der Waals surface area contributed by atoms with Gasteiger partial charge in [0.2, 0.25) is 0 Å². The molecule has 0 saturated carbocycles. The van der Waals surface area contributed by atoms with Crippen molar-refractivity contribution >= 4 is 17.1 Å². The van der Waals surface area contributed by atoms with Gasteiger partial charge in [0, 0.05) is 23.4 Å². The maximum atomic E-state index is 13.5. The Balaban J connectivity index is 1.86. The second-order valence-corrected chi connectivity index (χ2v) is 4.36. The van der Waals surface area contributed by atoms with Gasteiger partial charge >= 0.3 is 0 Å². The summed E-state index contributed by atoms with van der Waals surface area (Å²) in [4.78, 5) is 7.45. The first-order valence-electron chi connectivity index (χ1n) is 6.14. The van der Waals surface area contributed by atoms with Gasteiger partial charge < -0.3 is 4.98 Å². The number of H-pyrrole nitrogens is 1. The van der Waals surface area contributed by atoms with E-state index in [2.05, 4.69) is 9.98 Å². The molecule has 0 atom stereocenters. The van der Waals surface area contributed by atoms with Gasteiger partial charge in [-0.15, -0.1) is 0 Å². The van der Waals surface area contributed by atoms with Crippen molar-refractivity contribution < 1.29 is 4.39 Å². The smallest absolute Gasteiger partial charge is 0.132 e. The van der Waals surface area contributed by atoms with E-state index in [0.29, 0.717) is 11.9 Å². The largest absolute Gasteiger partial charge is 0.361 e. The first-order valence-corrected chi connectivity index (χ1v) is 6.14. The van der Waals surface area contributed by atoms with E-state index in [1.165, 1.54) is 6.07 Å². The molecule has 0 saturated heterocycles. The van der Waals surface area contributed by atoms with Crippen LogP contribution in [0.2, 0.25) is 0 Å². The predicted octanol–water partition coefficient (Wildman–Crippen LogP) is 3.93. The molecular weight excluding hydrogens is 239 g/mol. The zero-order valence-electron chi connectivity index (χ0n) is 10.3. The molecule has 0 aliphatic heterocycles. The van der Waals surface area contributed by atoms with E-state index in [1.54, 1.807) is 24.5 Å². The zero-order valence-corrected chi connectivity index (χ0v) is 10.3. The lowest BCUT2D eigenvalue weighted by molar-refractivity contribution is 0.640. The van der Waals surface area contributed by atoms with Crippen LogP contribution in [-0.2, 0) is 6.54 Å². The van der Waals surface area contributed by atoms with Gasteiger partial charge in [0.15, 0.2) is 0 Å².